The molecule has 2 rings (SSSR count). The minimum absolute atomic E-state index is 0.0540. The Labute approximate surface area is 170 Å². The maximum absolute atomic E-state index is 12.5. The van der Waals surface area contributed by atoms with Crippen molar-refractivity contribution in [3.05, 3.63) is 47.5 Å². The molecule has 0 heterocycles. The number of sulfonamides is 1. The second kappa shape index (κ2) is 9.77. The molecule has 2 aromatic carbocycles. The molecule has 0 bridgehead atoms. The number of carbonyl (C=O) groups excluding carboxylic acids is 1. The summed E-state index contributed by atoms with van der Waals surface area (Å²) in [7, 11) is -3.94. The van der Waals surface area contributed by atoms with Gasteiger partial charge in [-0.25, -0.2) is 8.42 Å². The van der Waals surface area contributed by atoms with Crippen molar-refractivity contribution in [2.24, 2.45) is 0 Å². The molecule has 0 aromatic heterocycles. The van der Waals surface area contributed by atoms with E-state index in [4.69, 9.17) is 21.1 Å². The minimum Gasteiger partial charge on any atom is -0.494 e. The molecule has 1 amide bonds. The fourth-order valence-corrected chi connectivity index (χ4v) is 3.86. The number of nitrogens with one attached hydrogen (secondary N) is 2. The van der Waals surface area contributed by atoms with E-state index < -0.39 is 22.0 Å². The Morgan fingerprint density at radius 3 is 2.29 bits per heavy atom. The van der Waals surface area contributed by atoms with Crippen LogP contribution in [0.2, 0.25) is 5.02 Å². The number of hydrogen-bond acceptors (Lipinski definition) is 5. The van der Waals surface area contributed by atoms with E-state index in [-0.39, 0.29) is 9.92 Å². The lowest BCUT2D eigenvalue weighted by Gasteiger charge is -2.15. The van der Waals surface area contributed by atoms with E-state index in [2.05, 4.69) is 10.0 Å². The Morgan fingerprint density at radius 2 is 1.71 bits per heavy atom. The minimum atomic E-state index is -3.94. The van der Waals surface area contributed by atoms with Gasteiger partial charge in [-0.2, -0.15) is 4.72 Å². The topological polar surface area (TPSA) is 93.7 Å². The molecule has 0 spiro atoms. The van der Waals surface area contributed by atoms with Gasteiger partial charge in [0.2, 0.25) is 15.9 Å². The van der Waals surface area contributed by atoms with Crippen molar-refractivity contribution in [3.63, 3.8) is 0 Å². The highest BCUT2D eigenvalue weighted by Crippen LogP contribution is 2.27. The van der Waals surface area contributed by atoms with Crippen LogP contribution < -0.4 is 19.5 Å². The summed E-state index contributed by atoms with van der Waals surface area (Å²) in [4.78, 5) is 12.3. The first-order valence-corrected chi connectivity index (χ1v) is 10.6. The molecular weight excluding hydrogens is 404 g/mol. The van der Waals surface area contributed by atoms with Crippen molar-refractivity contribution >= 4 is 33.2 Å². The molecule has 28 heavy (non-hydrogen) atoms. The van der Waals surface area contributed by atoms with Crippen LogP contribution in [0.25, 0.3) is 0 Å². The standard InChI is InChI=1S/C19H23ClN2O5S/c1-4-26-15-8-6-14(7-9-15)21-19(23)13(3)22-28(24,25)16-10-11-18(27-5-2)17(20)12-16/h6-13,22H,4-5H2,1-3H3,(H,21,23)/t13-/m0/s1. The fourth-order valence-electron chi connectivity index (χ4n) is 2.33. The third-order valence-electron chi connectivity index (χ3n) is 3.67. The van der Waals surface area contributed by atoms with Crippen LogP contribution in [0, 0.1) is 0 Å². The first-order valence-electron chi connectivity index (χ1n) is 8.75. The van der Waals surface area contributed by atoms with Crippen molar-refractivity contribution in [3.8, 4) is 11.5 Å². The quantitative estimate of drug-likeness (QED) is 0.640. The summed E-state index contributed by atoms with van der Waals surface area (Å²) in [6.45, 7) is 6.08. The zero-order valence-corrected chi connectivity index (χ0v) is 17.4. The summed E-state index contributed by atoms with van der Waals surface area (Å²) >= 11 is 6.05. The Balaban J connectivity index is 2.04. The molecule has 2 N–H and O–H groups in total. The zero-order valence-electron chi connectivity index (χ0n) is 15.9. The van der Waals surface area contributed by atoms with Gasteiger partial charge in [0.15, 0.2) is 0 Å². The molecule has 0 radical (unpaired) electrons. The van der Waals surface area contributed by atoms with Crippen LogP contribution in [-0.2, 0) is 14.8 Å². The van der Waals surface area contributed by atoms with E-state index in [9.17, 15) is 13.2 Å². The average Bonchev–Trinajstić information content (AvgIpc) is 2.65. The predicted octanol–water partition coefficient (Wildman–Crippen LogP) is 3.44. The van der Waals surface area contributed by atoms with Crippen molar-refractivity contribution in [1.29, 1.82) is 0 Å². The molecule has 0 aliphatic rings. The molecule has 1 atom stereocenters. The molecule has 0 unspecified atom stereocenters. The fraction of sp³-hybridized carbons (Fsp3) is 0.316. The van der Waals surface area contributed by atoms with Gasteiger partial charge in [0.05, 0.1) is 29.2 Å². The van der Waals surface area contributed by atoms with Crippen molar-refractivity contribution in [2.75, 3.05) is 18.5 Å². The lowest BCUT2D eigenvalue weighted by atomic mass is 10.2. The van der Waals surface area contributed by atoms with Crippen LogP contribution in [-0.4, -0.2) is 33.6 Å². The Hall–Kier alpha value is -2.29. The summed E-state index contributed by atoms with van der Waals surface area (Å²) in [5.41, 5.74) is 0.531. The van der Waals surface area contributed by atoms with Gasteiger partial charge in [-0.3, -0.25) is 4.79 Å². The normalized spacial score (nSPS) is 12.3. The van der Waals surface area contributed by atoms with Gasteiger partial charge in [-0.1, -0.05) is 11.6 Å². The number of carbonyl (C=O) groups is 1. The molecule has 9 heteroatoms. The molecular formula is C19H23ClN2O5S. The lowest BCUT2D eigenvalue weighted by molar-refractivity contribution is -0.117. The second-order valence-corrected chi connectivity index (χ2v) is 7.94. The number of benzene rings is 2. The maximum Gasteiger partial charge on any atom is 0.242 e. The third kappa shape index (κ3) is 5.85. The van der Waals surface area contributed by atoms with Gasteiger partial charge >= 0.3 is 0 Å². The van der Waals surface area contributed by atoms with E-state index >= 15 is 0 Å². The van der Waals surface area contributed by atoms with Gasteiger partial charge in [0.25, 0.3) is 0 Å². The summed E-state index contributed by atoms with van der Waals surface area (Å²) in [5.74, 6) is 0.579. The number of halogens is 1. The van der Waals surface area contributed by atoms with Gasteiger partial charge in [0, 0.05) is 5.69 Å². The number of anilines is 1. The van der Waals surface area contributed by atoms with E-state index in [1.807, 2.05) is 6.92 Å². The smallest absolute Gasteiger partial charge is 0.242 e. The number of ether oxygens (including phenoxy) is 2. The Kier molecular flexibility index (Phi) is 7.68. The summed E-state index contributed by atoms with van der Waals surface area (Å²) in [6, 6.07) is 9.92. The molecule has 0 saturated heterocycles. The molecule has 152 valence electrons. The van der Waals surface area contributed by atoms with Crippen LogP contribution in [0.15, 0.2) is 47.4 Å². The molecule has 2 aromatic rings. The van der Waals surface area contributed by atoms with Crippen LogP contribution in [0.3, 0.4) is 0 Å². The van der Waals surface area contributed by atoms with Gasteiger partial charge in [-0.05, 0) is 63.2 Å². The van der Waals surface area contributed by atoms with Crippen molar-refractivity contribution in [2.45, 2.75) is 31.7 Å². The molecule has 7 nitrogen and oxygen atoms in total. The maximum atomic E-state index is 12.5. The SMILES string of the molecule is CCOc1ccc(NC(=O)[C@H](C)NS(=O)(=O)c2ccc(OCC)c(Cl)c2)cc1. The van der Waals surface area contributed by atoms with E-state index in [1.165, 1.54) is 25.1 Å². The average molecular weight is 427 g/mol. The van der Waals surface area contributed by atoms with Crippen LogP contribution in [0.1, 0.15) is 20.8 Å². The van der Waals surface area contributed by atoms with Crippen LogP contribution in [0.4, 0.5) is 5.69 Å². The third-order valence-corrected chi connectivity index (χ3v) is 5.51. The van der Waals surface area contributed by atoms with E-state index in [0.29, 0.717) is 30.4 Å². The van der Waals surface area contributed by atoms with Crippen molar-refractivity contribution in [1.82, 2.24) is 4.72 Å². The lowest BCUT2D eigenvalue weighted by Crippen LogP contribution is -2.41. The highest BCUT2D eigenvalue weighted by atomic mass is 35.5. The summed E-state index contributed by atoms with van der Waals surface area (Å²) in [6.07, 6.45) is 0. The number of hydrogen-bond donors (Lipinski definition) is 2. The summed E-state index contributed by atoms with van der Waals surface area (Å²) in [5, 5.41) is 2.83. The molecule has 0 aliphatic heterocycles. The molecule has 0 aliphatic carbocycles. The zero-order chi connectivity index (χ0) is 20.7. The Morgan fingerprint density at radius 1 is 1.07 bits per heavy atom. The highest BCUT2D eigenvalue weighted by Gasteiger charge is 2.23. The van der Waals surface area contributed by atoms with Crippen LogP contribution >= 0.6 is 11.6 Å². The van der Waals surface area contributed by atoms with Gasteiger partial charge in [0.1, 0.15) is 11.5 Å². The van der Waals surface area contributed by atoms with Crippen molar-refractivity contribution < 1.29 is 22.7 Å². The van der Waals surface area contributed by atoms with Crippen LogP contribution in [0.5, 0.6) is 11.5 Å². The van der Waals surface area contributed by atoms with E-state index in [0.717, 1.165) is 0 Å². The highest BCUT2D eigenvalue weighted by molar-refractivity contribution is 7.89. The van der Waals surface area contributed by atoms with Gasteiger partial charge in [-0.15, -0.1) is 0 Å². The van der Waals surface area contributed by atoms with Gasteiger partial charge < -0.3 is 14.8 Å². The van der Waals surface area contributed by atoms with E-state index in [1.54, 1.807) is 31.2 Å². The number of rotatable bonds is 9. The largest absolute Gasteiger partial charge is 0.494 e. The Bertz CT molecular complexity index is 916. The molecule has 0 fully saturated rings. The second-order valence-electron chi connectivity index (χ2n) is 5.81. The predicted molar refractivity (Wildman–Crippen MR) is 109 cm³/mol. The number of amides is 1. The summed E-state index contributed by atoms with van der Waals surface area (Å²) < 4.78 is 38.0. The molecule has 0 saturated carbocycles. The first-order chi connectivity index (χ1) is 13.3. The first kappa shape index (κ1) is 22.0. The monoisotopic (exact) mass is 426 g/mol.